The Morgan fingerprint density at radius 2 is 2.00 bits per heavy atom. The maximum Gasteiger partial charge on any atom is 0.0525 e. The summed E-state index contributed by atoms with van der Waals surface area (Å²) in [5, 5.41) is 11.9. The van der Waals surface area contributed by atoms with Gasteiger partial charge in [0.25, 0.3) is 0 Å². The molecule has 0 unspecified atom stereocenters. The molecule has 1 rings (SSSR count). The first-order chi connectivity index (χ1) is 6.86. The number of nitrogens with one attached hydrogen (secondary N) is 1. The van der Waals surface area contributed by atoms with Gasteiger partial charge in [-0.15, -0.1) is 11.8 Å². The predicted molar refractivity (Wildman–Crippen MR) is 61.6 cm³/mol. The lowest BCUT2D eigenvalue weighted by Crippen LogP contribution is -2.11. The molecule has 1 aromatic carbocycles. The topological polar surface area (TPSA) is 32.3 Å². The van der Waals surface area contributed by atoms with Crippen molar-refractivity contribution < 1.29 is 5.11 Å². The van der Waals surface area contributed by atoms with Crippen LogP contribution in [0.5, 0.6) is 0 Å². The number of benzene rings is 1. The zero-order valence-electron chi connectivity index (χ0n) is 8.49. The van der Waals surface area contributed by atoms with Gasteiger partial charge in [-0.05, 0) is 24.2 Å². The molecule has 14 heavy (non-hydrogen) atoms. The number of aliphatic hydroxyl groups excluding tert-OH is 1. The Kier molecular flexibility index (Phi) is 5.68. The van der Waals surface area contributed by atoms with Crippen molar-refractivity contribution in [2.24, 2.45) is 0 Å². The number of hydrogen-bond acceptors (Lipinski definition) is 3. The summed E-state index contributed by atoms with van der Waals surface area (Å²) >= 11 is 1.68. The summed E-state index contributed by atoms with van der Waals surface area (Å²) in [6.07, 6.45) is 0. The average molecular weight is 211 g/mol. The molecule has 0 aliphatic heterocycles. The Balaban J connectivity index is 2.42. The Bertz CT molecular complexity index is 221. The summed E-state index contributed by atoms with van der Waals surface area (Å²) in [5.41, 5.74) is 1.31. The van der Waals surface area contributed by atoms with Gasteiger partial charge in [0.1, 0.15) is 0 Å². The minimum atomic E-state index is 0.240. The fraction of sp³-hybridized carbons (Fsp3) is 0.455. The number of aliphatic hydroxyl groups is 1. The van der Waals surface area contributed by atoms with Crippen LogP contribution in [0.25, 0.3) is 0 Å². The van der Waals surface area contributed by atoms with E-state index in [1.54, 1.807) is 11.8 Å². The van der Waals surface area contributed by atoms with Gasteiger partial charge in [-0.25, -0.2) is 0 Å². The zero-order chi connectivity index (χ0) is 10.2. The van der Waals surface area contributed by atoms with Gasteiger partial charge in [0.05, 0.1) is 6.61 Å². The summed E-state index contributed by atoms with van der Waals surface area (Å²) in [6.45, 7) is 4.28. The van der Waals surface area contributed by atoms with E-state index in [1.165, 1.54) is 10.5 Å². The van der Waals surface area contributed by atoms with Gasteiger partial charge in [0.15, 0.2) is 0 Å². The minimum Gasteiger partial charge on any atom is -0.396 e. The van der Waals surface area contributed by atoms with Crippen LogP contribution < -0.4 is 5.32 Å². The van der Waals surface area contributed by atoms with Crippen molar-refractivity contribution in [1.29, 1.82) is 0 Å². The van der Waals surface area contributed by atoms with Crippen molar-refractivity contribution in [3.8, 4) is 0 Å². The SMILES string of the molecule is CCNCc1ccc(SCCO)cc1. The van der Waals surface area contributed by atoms with Crippen molar-refractivity contribution in [2.45, 2.75) is 18.4 Å². The van der Waals surface area contributed by atoms with Crippen LogP contribution in [0.15, 0.2) is 29.2 Å². The van der Waals surface area contributed by atoms with E-state index in [2.05, 4.69) is 36.5 Å². The van der Waals surface area contributed by atoms with E-state index in [4.69, 9.17) is 5.11 Å². The molecule has 3 heteroatoms. The summed E-state index contributed by atoms with van der Waals surface area (Å²) in [6, 6.07) is 8.46. The van der Waals surface area contributed by atoms with Gasteiger partial charge in [0.2, 0.25) is 0 Å². The highest BCUT2D eigenvalue weighted by Gasteiger charge is 1.94. The Labute approximate surface area is 89.7 Å². The first-order valence-electron chi connectivity index (χ1n) is 4.90. The van der Waals surface area contributed by atoms with Gasteiger partial charge < -0.3 is 10.4 Å². The van der Waals surface area contributed by atoms with Crippen LogP contribution in [-0.2, 0) is 6.54 Å². The second-order valence-corrected chi connectivity index (χ2v) is 4.16. The van der Waals surface area contributed by atoms with Crippen molar-refractivity contribution in [1.82, 2.24) is 5.32 Å². The maximum absolute atomic E-state index is 8.67. The number of hydrogen-bond donors (Lipinski definition) is 2. The van der Waals surface area contributed by atoms with Gasteiger partial charge >= 0.3 is 0 Å². The first-order valence-corrected chi connectivity index (χ1v) is 5.88. The zero-order valence-corrected chi connectivity index (χ0v) is 9.31. The van der Waals surface area contributed by atoms with E-state index in [-0.39, 0.29) is 6.61 Å². The van der Waals surface area contributed by atoms with Crippen LogP contribution in [0.4, 0.5) is 0 Å². The molecule has 2 nitrogen and oxygen atoms in total. The van der Waals surface area contributed by atoms with Gasteiger partial charge in [-0.3, -0.25) is 0 Å². The molecule has 1 aromatic rings. The van der Waals surface area contributed by atoms with Crippen LogP contribution in [0.1, 0.15) is 12.5 Å². The third-order valence-corrected chi connectivity index (χ3v) is 2.85. The molecule has 0 heterocycles. The Hall–Kier alpha value is -0.510. The summed E-state index contributed by atoms with van der Waals surface area (Å²) < 4.78 is 0. The molecule has 0 spiro atoms. The first kappa shape index (κ1) is 11.6. The summed E-state index contributed by atoms with van der Waals surface area (Å²) in [7, 11) is 0. The summed E-state index contributed by atoms with van der Waals surface area (Å²) in [5.74, 6) is 0.770. The fourth-order valence-corrected chi connectivity index (χ4v) is 1.79. The normalized spacial score (nSPS) is 10.4. The van der Waals surface area contributed by atoms with Gasteiger partial charge in [0, 0.05) is 17.2 Å². The highest BCUT2D eigenvalue weighted by Crippen LogP contribution is 2.17. The van der Waals surface area contributed by atoms with Gasteiger partial charge in [-0.1, -0.05) is 19.1 Å². The molecule has 0 aromatic heterocycles. The molecule has 0 radical (unpaired) electrons. The predicted octanol–water partition coefficient (Wildman–Crippen LogP) is 1.88. The molecular weight excluding hydrogens is 194 g/mol. The molecule has 0 saturated heterocycles. The molecule has 0 amide bonds. The average Bonchev–Trinajstić information content (AvgIpc) is 2.25. The van der Waals surface area contributed by atoms with Crippen LogP contribution >= 0.6 is 11.8 Å². The van der Waals surface area contributed by atoms with E-state index < -0.39 is 0 Å². The molecule has 0 saturated carbocycles. The third-order valence-electron chi connectivity index (χ3n) is 1.86. The molecule has 0 aliphatic rings. The molecule has 2 N–H and O–H groups in total. The van der Waals surface area contributed by atoms with Gasteiger partial charge in [-0.2, -0.15) is 0 Å². The van der Waals surface area contributed by atoms with Crippen molar-refractivity contribution >= 4 is 11.8 Å². The second kappa shape index (κ2) is 6.87. The van der Waals surface area contributed by atoms with Crippen LogP contribution in [0.2, 0.25) is 0 Å². The highest BCUT2D eigenvalue weighted by atomic mass is 32.2. The van der Waals surface area contributed by atoms with Crippen molar-refractivity contribution in [3.05, 3.63) is 29.8 Å². The monoisotopic (exact) mass is 211 g/mol. The van der Waals surface area contributed by atoms with Crippen LogP contribution in [0, 0.1) is 0 Å². The Morgan fingerprint density at radius 3 is 2.57 bits per heavy atom. The maximum atomic E-state index is 8.67. The van der Waals surface area contributed by atoms with Crippen LogP contribution in [0.3, 0.4) is 0 Å². The highest BCUT2D eigenvalue weighted by molar-refractivity contribution is 7.99. The second-order valence-electron chi connectivity index (χ2n) is 3.00. The molecule has 0 fully saturated rings. The lowest BCUT2D eigenvalue weighted by atomic mass is 10.2. The third kappa shape index (κ3) is 4.13. The van der Waals surface area contributed by atoms with E-state index in [0.717, 1.165) is 18.8 Å². The lowest BCUT2D eigenvalue weighted by Gasteiger charge is -2.03. The van der Waals surface area contributed by atoms with E-state index in [0.29, 0.717) is 0 Å². The standard InChI is InChI=1S/C11H17NOS/c1-2-12-9-10-3-5-11(6-4-10)14-8-7-13/h3-6,12-13H,2,7-9H2,1H3. The molecular formula is C11H17NOS. The molecule has 78 valence electrons. The van der Waals surface area contributed by atoms with E-state index in [9.17, 15) is 0 Å². The fourth-order valence-electron chi connectivity index (χ4n) is 1.14. The quantitative estimate of drug-likeness (QED) is 0.705. The number of thioether (sulfide) groups is 1. The molecule has 0 bridgehead atoms. The Morgan fingerprint density at radius 1 is 1.29 bits per heavy atom. The van der Waals surface area contributed by atoms with Crippen molar-refractivity contribution in [3.63, 3.8) is 0 Å². The van der Waals surface area contributed by atoms with Crippen molar-refractivity contribution in [2.75, 3.05) is 18.9 Å². The molecule has 0 atom stereocenters. The largest absolute Gasteiger partial charge is 0.396 e. The number of rotatable bonds is 6. The molecule has 0 aliphatic carbocycles. The van der Waals surface area contributed by atoms with E-state index >= 15 is 0 Å². The van der Waals surface area contributed by atoms with E-state index in [1.807, 2.05) is 0 Å². The lowest BCUT2D eigenvalue weighted by molar-refractivity contribution is 0.322. The van der Waals surface area contributed by atoms with Crippen LogP contribution in [-0.4, -0.2) is 24.0 Å². The minimum absolute atomic E-state index is 0.240. The smallest absolute Gasteiger partial charge is 0.0525 e. The summed E-state index contributed by atoms with van der Waals surface area (Å²) in [4.78, 5) is 1.22.